The van der Waals surface area contributed by atoms with Gasteiger partial charge in [0, 0.05) is 47.2 Å². The lowest BCUT2D eigenvalue weighted by Crippen LogP contribution is -2.33. The third-order valence-corrected chi connectivity index (χ3v) is 6.89. The van der Waals surface area contributed by atoms with Gasteiger partial charge in [0.15, 0.2) is 5.60 Å². The Morgan fingerprint density at radius 2 is 1.53 bits per heavy atom. The Bertz CT molecular complexity index is 1490. The number of anilines is 2. The highest BCUT2D eigenvalue weighted by molar-refractivity contribution is 5.97. The molecule has 0 N–H and O–H groups in total. The Morgan fingerprint density at radius 1 is 0.806 bits per heavy atom. The van der Waals surface area contributed by atoms with Crippen molar-refractivity contribution in [1.82, 2.24) is 0 Å². The summed E-state index contributed by atoms with van der Waals surface area (Å²) < 4.78 is 18.9. The summed E-state index contributed by atoms with van der Waals surface area (Å²) in [4.78, 5) is 15.2. The van der Waals surface area contributed by atoms with Crippen LogP contribution in [0.5, 0.6) is 17.2 Å². The van der Waals surface area contributed by atoms with Gasteiger partial charge in [0.1, 0.15) is 17.2 Å². The fourth-order valence-corrected chi connectivity index (χ4v) is 5.19. The summed E-state index contributed by atoms with van der Waals surface area (Å²) in [5.41, 5.74) is 4.87. The van der Waals surface area contributed by atoms with Gasteiger partial charge in [-0.25, -0.2) is 4.79 Å². The molecule has 0 saturated heterocycles. The lowest BCUT2D eigenvalue weighted by molar-refractivity contribution is 0.0224. The van der Waals surface area contributed by atoms with Crippen LogP contribution in [-0.2, 0) is 10.3 Å². The second-order valence-corrected chi connectivity index (χ2v) is 9.57. The molecule has 0 bridgehead atoms. The molecule has 5 nitrogen and oxygen atoms in total. The molecule has 6 rings (SSSR count). The first-order chi connectivity index (χ1) is 17.4. The van der Waals surface area contributed by atoms with Crippen LogP contribution in [-0.4, -0.2) is 19.1 Å². The van der Waals surface area contributed by atoms with Crippen molar-refractivity contribution >= 4 is 17.3 Å². The third-order valence-electron chi connectivity index (χ3n) is 6.89. The van der Waals surface area contributed by atoms with E-state index < -0.39 is 5.60 Å². The predicted molar refractivity (Wildman–Crippen MR) is 140 cm³/mol. The molecule has 5 heteroatoms. The number of hydrogen-bond acceptors (Lipinski definition) is 5. The maximum Gasteiger partial charge on any atom is 0.340 e. The van der Waals surface area contributed by atoms with Gasteiger partial charge >= 0.3 is 5.97 Å². The van der Waals surface area contributed by atoms with Crippen molar-refractivity contribution in [3.05, 3.63) is 113 Å². The molecule has 2 aliphatic rings. The first-order valence-electron chi connectivity index (χ1n) is 12.1. The second-order valence-electron chi connectivity index (χ2n) is 9.57. The molecule has 0 aliphatic carbocycles. The van der Waals surface area contributed by atoms with E-state index in [2.05, 4.69) is 17.0 Å². The minimum atomic E-state index is -1.10. The van der Waals surface area contributed by atoms with E-state index in [-0.39, 0.29) is 12.1 Å². The van der Waals surface area contributed by atoms with Gasteiger partial charge in [0.25, 0.3) is 0 Å². The van der Waals surface area contributed by atoms with Crippen molar-refractivity contribution in [1.29, 1.82) is 0 Å². The predicted octanol–water partition coefficient (Wildman–Crippen LogP) is 7.12. The highest BCUT2D eigenvalue weighted by Crippen LogP contribution is 2.57. The molecule has 0 radical (unpaired) electrons. The summed E-state index contributed by atoms with van der Waals surface area (Å²) in [6, 6.07) is 27.7. The number of carbonyl (C=O) groups is 1. The number of nitrogens with zero attached hydrogens (tertiary/aromatic N) is 1. The van der Waals surface area contributed by atoms with Gasteiger partial charge < -0.3 is 19.1 Å². The normalized spacial score (nSPS) is 17.2. The van der Waals surface area contributed by atoms with Crippen molar-refractivity contribution in [2.75, 3.05) is 11.9 Å². The summed E-state index contributed by atoms with van der Waals surface area (Å²) in [6.07, 6.45) is 0.0164. The van der Waals surface area contributed by atoms with Crippen molar-refractivity contribution in [2.45, 2.75) is 32.5 Å². The van der Waals surface area contributed by atoms with Crippen molar-refractivity contribution in [3.8, 4) is 17.2 Å². The van der Waals surface area contributed by atoms with Gasteiger partial charge in [-0.15, -0.1) is 0 Å². The smallest absolute Gasteiger partial charge is 0.340 e. The van der Waals surface area contributed by atoms with Crippen LogP contribution in [0.4, 0.5) is 11.4 Å². The van der Waals surface area contributed by atoms with E-state index in [0.717, 1.165) is 39.4 Å². The summed E-state index contributed by atoms with van der Waals surface area (Å²) in [7, 11) is 2.02. The molecule has 4 aromatic rings. The lowest BCUT2D eigenvalue weighted by Gasteiger charge is -2.37. The van der Waals surface area contributed by atoms with Crippen LogP contribution in [0.25, 0.3) is 0 Å². The molecule has 0 aromatic heterocycles. The number of hydrogen-bond donors (Lipinski definition) is 0. The molecule has 2 heterocycles. The molecule has 36 heavy (non-hydrogen) atoms. The molecule has 0 saturated carbocycles. The zero-order valence-electron chi connectivity index (χ0n) is 20.7. The van der Waals surface area contributed by atoms with Crippen LogP contribution in [0, 0.1) is 6.92 Å². The maximum absolute atomic E-state index is 13.1. The summed E-state index contributed by atoms with van der Waals surface area (Å²) in [5.74, 6) is 1.67. The largest absolute Gasteiger partial charge is 0.491 e. The van der Waals surface area contributed by atoms with Gasteiger partial charge in [-0.2, -0.15) is 0 Å². The van der Waals surface area contributed by atoms with Crippen molar-refractivity contribution in [3.63, 3.8) is 0 Å². The highest BCUT2D eigenvalue weighted by Gasteiger charge is 2.53. The number of aryl methyl sites for hydroxylation is 1. The van der Waals surface area contributed by atoms with E-state index in [1.165, 1.54) is 0 Å². The Hall–Kier alpha value is -4.25. The monoisotopic (exact) mass is 477 g/mol. The van der Waals surface area contributed by atoms with E-state index in [1.54, 1.807) is 0 Å². The topological polar surface area (TPSA) is 48.0 Å². The number of rotatable bonds is 4. The highest BCUT2D eigenvalue weighted by atomic mass is 16.6. The van der Waals surface area contributed by atoms with Crippen LogP contribution in [0.2, 0.25) is 0 Å². The Morgan fingerprint density at radius 3 is 2.31 bits per heavy atom. The molecular formula is C31H27NO4. The van der Waals surface area contributed by atoms with Crippen LogP contribution >= 0.6 is 0 Å². The van der Waals surface area contributed by atoms with E-state index in [0.29, 0.717) is 17.1 Å². The minimum absolute atomic E-state index is 0.0164. The average Bonchev–Trinajstić information content (AvgIpc) is 3.18. The Balaban J connectivity index is 1.57. The van der Waals surface area contributed by atoms with E-state index in [4.69, 9.17) is 14.2 Å². The molecule has 2 aliphatic heterocycles. The van der Waals surface area contributed by atoms with Gasteiger partial charge in [-0.1, -0.05) is 36.4 Å². The summed E-state index contributed by atoms with van der Waals surface area (Å²) >= 11 is 0. The fraction of sp³-hybridized carbons (Fsp3) is 0.194. The minimum Gasteiger partial charge on any atom is -0.491 e. The second kappa shape index (κ2) is 8.16. The van der Waals surface area contributed by atoms with Crippen LogP contribution in [0.3, 0.4) is 0 Å². The zero-order chi connectivity index (χ0) is 25.0. The number of esters is 1. The van der Waals surface area contributed by atoms with E-state index in [9.17, 15) is 4.79 Å². The molecule has 0 fully saturated rings. The molecule has 1 atom stereocenters. The van der Waals surface area contributed by atoms with Crippen LogP contribution < -0.4 is 14.4 Å². The lowest BCUT2D eigenvalue weighted by atomic mass is 9.77. The quantitative estimate of drug-likeness (QED) is 0.293. The molecule has 180 valence electrons. The molecule has 4 aromatic carbocycles. The Kier molecular flexibility index (Phi) is 5.04. The van der Waals surface area contributed by atoms with Crippen LogP contribution in [0.15, 0.2) is 84.9 Å². The molecule has 0 amide bonds. The number of ether oxygens (including phenoxy) is 3. The summed E-state index contributed by atoms with van der Waals surface area (Å²) in [5, 5.41) is 0. The first kappa shape index (κ1) is 22.2. The summed E-state index contributed by atoms with van der Waals surface area (Å²) in [6.45, 7) is 6.00. The fourth-order valence-electron chi connectivity index (χ4n) is 5.19. The molecular weight excluding hydrogens is 450 g/mol. The van der Waals surface area contributed by atoms with Crippen molar-refractivity contribution in [2.24, 2.45) is 0 Å². The number of fused-ring (bicyclic) bond motifs is 6. The van der Waals surface area contributed by atoms with Gasteiger partial charge in [-0.3, -0.25) is 0 Å². The van der Waals surface area contributed by atoms with Gasteiger partial charge in [0.2, 0.25) is 0 Å². The number of para-hydroxylation sites is 1. The van der Waals surface area contributed by atoms with Crippen LogP contribution in [0.1, 0.15) is 46.5 Å². The SMILES string of the molecule is Cc1cc2c(cc1OC(C)C)Oc1cc(N(C)c3ccccc3)ccc1C21OC(=O)c2ccccc21. The van der Waals surface area contributed by atoms with Gasteiger partial charge in [0.05, 0.1) is 11.7 Å². The van der Waals surface area contributed by atoms with E-state index >= 15 is 0 Å². The molecule has 1 spiro atoms. The average molecular weight is 478 g/mol. The standard InChI is InChI=1S/C31H27NO4/c1-19(2)34-27-18-29-26(16-20(27)3)31(24-13-9-8-12-23(24)30(33)36-31)25-15-14-22(17-28(25)35-29)32(4)21-10-6-5-7-11-21/h5-19H,1-4H3. The van der Waals surface area contributed by atoms with Crippen molar-refractivity contribution < 1.29 is 19.0 Å². The Labute approximate surface area is 210 Å². The molecule has 1 unspecified atom stereocenters. The van der Waals surface area contributed by atoms with E-state index in [1.807, 2.05) is 101 Å². The number of carbonyl (C=O) groups excluding carboxylic acids is 1. The number of benzene rings is 4. The van der Waals surface area contributed by atoms with Gasteiger partial charge in [-0.05, 0) is 62.7 Å². The zero-order valence-corrected chi connectivity index (χ0v) is 20.7. The first-order valence-corrected chi connectivity index (χ1v) is 12.1. The third kappa shape index (κ3) is 3.27. The maximum atomic E-state index is 13.1.